The predicted molar refractivity (Wildman–Crippen MR) is 92.2 cm³/mol. The lowest BCUT2D eigenvalue weighted by molar-refractivity contribution is -0.134. The largest absolute Gasteiger partial charge is 0.445 e. The molecule has 1 fully saturated rings. The number of amides is 2. The van der Waals surface area contributed by atoms with Gasteiger partial charge in [-0.3, -0.25) is 4.79 Å². The fourth-order valence-corrected chi connectivity index (χ4v) is 2.99. The summed E-state index contributed by atoms with van der Waals surface area (Å²) in [6, 6.07) is 9.13. The molecule has 6 nitrogen and oxygen atoms in total. The molecule has 0 aliphatic carbocycles. The number of nitrogens with two attached hydrogens (primary N) is 1. The first-order valence-electron chi connectivity index (χ1n) is 8.43. The van der Waals surface area contributed by atoms with E-state index < -0.39 is 6.04 Å². The molecule has 0 spiro atoms. The van der Waals surface area contributed by atoms with Crippen LogP contribution in [0.3, 0.4) is 0 Å². The normalized spacial score (nSPS) is 18.8. The minimum atomic E-state index is -0.475. The van der Waals surface area contributed by atoms with E-state index in [0.717, 1.165) is 24.9 Å². The molecule has 132 valence electrons. The van der Waals surface area contributed by atoms with E-state index in [1.807, 2.05) is 35.2 Å². The lowest BCUT2D eigenvalue weighted by atomic mass is 9.97. The van der Waals surface area contributed by atoms with E-state index in [1.165, 1.54) is 0 Å². The maximum atomic E-state index is 12.1. The molecule has 1 aliphatic rings. The summed E-state index contributed by atoms with van der Waals surface area (Å²) in [5, 5.41) is 0. The zero-order chi connectivity index (χ0) is 17.5. The Bertz CT molecular complexity index is 548. The lowest BCUT2D eigenvalue weighted by Crippen LogP contribution is -2.48. The molecule has 2 N–H and O–H groups in total. The van der Waals surface area contributed by atoms with E-state index in [-0.39, 0.29) is 24.5 Å². The highest BCUT2D eigenvalue weighted by molar-refractivity contribution is 5.81. The number of likely N-dealkylation sites (tertiary alicyclic amines) is 1. The third kappa shape index (κ3) is 5.23. The average molecular weight is 333 g/mol. The number of ether oxygens (including phenoxy) is 1. The van der Waals surface area contributed by atoms with Crippen LogP contribution in [0.1, 0.15) is 25.3 Å². The van der Waals surface area contributed by atoms with Gasteiger partial charge in [-0.2, -0.15) is 0 Å². The molecule has 1 aromatic rings. The standard InChI is InChI=1S/C18H27N3O3/c1-14(19)17(22)21-10-6-9-16(12-21)11-20(2)18(23)24-13-15-7-4-3-5-8-15/h3-5,7-8,14,16H,6,9-13,19H2,1-2H3/t14-,16-/m0/s1. The van der Waals surface area contributed by atoms with Crippen molar-refractivity contribution < 1.29 is 14.3 Å². The monoisotopic (exact) mass is 333 g/mol. The molecular weight excluding hydrogens is 306 g/mol. The molecule has 0 aromatic heterocycles. The van der Waals surface area contributed by atoms with Gasteiger partial charge in [-0.1, -0.05) is 30.3 Å². The van der Waals surface area contributed by atoms with Crippen LogP contribution in [0, 0.1) is 5.92 Å². The van der Waals surface area contributed by atoms with Gasteiger partial charge in [-0.05, 0) is 31.2 Å². The van der Waals surface area contributed by atoms with Gasteiger partial charge in [0.05, 0.1) is 6.04 Å². The van der Waals surface area contributed by atoms with Gasteiger partial charge in [-0.15, -0.1) is 0 Å². The number of piperidine rings is 1. The number of rotatable bonds is 5. The fraction of sp³-hybridized carbons (Fsp3) is 0.556. The summed E-state index contributed by atoms with van der Waals surface area (Å²) in [6.45, 7) is 3.95. The van der Waals surface area contributed by atoms with Crippen molar-refractivity contribution in [1.82, 2.24) is 9.80 Å². The van der Waals surface area contributed by atoms with Crippen LogP contribution in [0.2, 0.25) is 0 Å². The molecule has 0 bridgehead atoms. The van der Waals surface area contributed by atoms with Gasteiger partial charge in [0.15, 0.2) is 0 Å². The number of hydrogen-bond acceptors (Lipinski definition) is 4. The third-order valence-corrected chi connectivity index (χ3v) is 4.27. The summed E-state index contributed by atoms with van der Waals surface area (Å²) in [5.74, 6) is 0.240. The number of benzene rings is 1. The van der Waals surface area contributed by atoms with E-state index in [4.69, 9.17) is 10.5 Å². The Kier molecular flexibility index (Phi) is 6.61. The Morgan fingerprint density at radius 2 is 2.08 bits per heavy atom. The first kappa shape index (κ1) is 18.3. The van der Waals surface area contributed by atoms with Crippen LogP contribution < -0.4 is 5.73 Å². The van der Waals surface area contributed by atoms with Gasteiger partial charge < -0.3 is 20.3 Å². The molecule has 0 radical (unpaired) electrons. The molecular formula is C18H27N3O3. The zero-order valence-corrected chi connectivity index (χ0v) is 14.5. The molecule has 0 saturated carbocycles. The van der Waals surface area contributed by atoms with Gasteiger partial charge in [0.2, 0.25) is 5.91 Å². The summed E-state index contributed by atoms with van der Waals surface area (Å²) in [5.41, 5.74) is 6.64. The minimum Gasteiger partial charge on any atom is -0.445 e. The smallest absolute Gasteiger partial charge is 0.409 e. The van der Waals surface area contributed by atoms with E-state index in [1.54, 1.807) is 18.9 Å². The number of carbonyl (C=O) groups is 2. The second-order valence-electron chi connectivity index (χ2n) is 6.50. The molecule has 1 aromatic carbocycles. The van der Waals surface area contributed by atoms with Gasteiger partial charge in [0.1, 0.15) is 6.61 Å². The zero-order valence-electron chi connectivity index (χ0n) is 14.5. The highest BCUT2D eigenvalue weighted by atomic mass is 16.6. The van der Waals surface area contributed by atoms with Crippen LogP contribution >= 0.6 is 0 Å². The van der Waals surface area contributed by atoms with Crippen molar-refractivity contribution in [2.45, 2.75) is 32.4 Å². The molecule has 24 heavy (non-hydrogen) atoms. The molecule has 1 aliphatic heterocycles. The lowest BCUT2D eigenvalue weighted by Gasteiger charge is -2.35. The molecule has 1 heterocycles. The molecule has 2 rings (SSSR count). The van der Waals surface area contributed by atoms with Crippen molar-refractivity contribution in [3.8, 4) is 0 Å². The molecule has 2 atom stereocenters. The molecule has 0 unspecified atom stereocenters. The SMILES string of the molecule is C[C@H](N)C(=O)N1CCC[C@@H](CN(C)C(=O)OCc2ccccc2)C1. The van der Waals surface area contributed by atoms with E-state index in [0.29, 0.717) is 13.1 Å². The fourth-order valence-electron chi connectivity index (χ4n) is 2.99. The third-order valence-electron chi connectivity index (χ3n) is 4.27. The van der Waals surface area contributed by atoms with Crippen LogP contribution in [0.25, 0.3) is 0 Å². The van der Waals surface area contributed by atoms with Crippen LogP contribution in [0.15, 0.2) is 30.3 Å². The Labute approximate surface area is 143 Å². The van der Waals surface area contributed by atoms with Gasteiger partial charge >= 0.3 is 6.09 Å². The van der Waals surface area contributed by atoms with Crippen molar-refractivity contribution >= 4 is 12.0 Å². The maximum absolute atomic E-state index is 12.1. The van der Waals surface area contributed by atoms with E-state index in [9.17, 15) is 9.59 Å². The second-order valence-corrected chi connectivity index (χ2v) is 6.50. The Hall–Kier alpha value is -2.08. The summed E-state index contributed by atoms with van der Waals surface area (Å²) in [7, 11) is 1.74. The molecule has 6 heteroatoms. The number of hydrogen-bond donors (Lipinski definition) is 1. The summed E-state index contributed by atoms with van der Waals surface area (Å²) in [6.07, 6.45) is 1.60. The Balaban J connectivity index is 1.79. The predicted octanol–water partition coefficient (Wildman–Crippen LogP) is 1.84. The maximum Gasteiger partial charge on any atom is 0.409 e. The first-order valence-corrected chi connectivity index (χ1v) is 8.43. The van der Waals surface area contributed by atoms with Crippen molar-refractivity contribution in [2.75, 3.05) is 26.7 Å². The van der Waals surface area contributed by atoms with Crippen LogP contribution in [-0.4, -0.2) is 54.5 Å². The Morgan fingerprint density at radius 1 is 1.38 bits per heavy atom. The number of nitrogens with zero attached hydrogens (tertiary/aromatic N) is 2. The highest BCUT2D eigenvalue weighted by Crippen LogP contribution is 2.18. The van der Waals surface area contributed by atoms with Gasteiger partial charge in [0.25, 0.3) is 0 Å². The van der Waals surface area contributed by atoms with Crippen molar-refractivity contribution in [1.29, 1.82) is 0 Å². The van der Waals surface area contributed by atoms with Crippen LogP contribution in [-0.2, 0) is 16.1 Å². The summed E-state index contributed by atoms with van der Waals surface area (Å²) >= 11 is 0. The minimum absolute atomic E-state index is 0.0194. The van der Waals surface area contributed by atoms with E-state index in [2.05, 4.69) is 0 Å². The van der Waals surface area contributed by atoms with E-state index >= 15 is 0 Å². The van der Waals surface area contributed by atoms with Crippen LogP contribution in [0.5, 0.6) is 0 Å². The quantitative estimate of drug-likeness (QED) is 0.892. The van der Waals surface area contributed by atoms with Crippen molar-refractivity contribution in [2.24, 2.45) is 11.7 Å². The van der Waals surface area contributed by atoms with Crippen LogP contribution in [0.4, 0.5) is 4.79 Å². The summed E-state index contributed by atoms with van der Waals surface area (Å²) < 4.78 is 5.33. The van der Waals surface area contributed by atoms with Gasteiger partial charge in [-0.25, -0.2) is 4.79 Å². The molecule has 2 amide bonds. The number of carbonyl (C=O) groups excluding carboxylic acids is 2. The topological polar surface area (TPSA) is 75.9 Å². The van der Waals surface area contributed by atoms with Crippen molar-refractivity contribution in [3.63, 3.8) is 0 Å². The first-order chi connectivity index (χ1) is 11.5. The average Bonchev–Trinajstić information content (AvgIpc) is 2.60. The Morgan fingerprint density at radius 3 is 2.75 bits per heavy atom. The molecule has 1 saturated heterocycles. The van der Waals surface area contributed by atoms with Gasteiger partial charge in [0, 0.05) is 26.7 Å². The summed E-state index contributed by atoms with van der Waals surface area (Å²) in [4.78, 5) is 27.5. The second kappa shape index (κ2) is 8.68. The highest BCUT2D eigenvalue weighted by Gasteiger charge is 2.27. The van der Waals surface area contributed by atoms with Crippen molar-refractivity contribution in [3.05, 3.63) is 35.9 Å².